The lowest BCUT2D eigenvalue weighted by Gasteiger charge is -2.33. The Morgan fingerprint density at radius 3 is 2.68 bits per heavy atom. The number of fused-ring (bicyclic) bond motifs is 1. The van der Waals surface area contributed by atoms with E-state index in [1.54, 1.807) is 0 Å². The average Bonchev–Trinajstić information content (AvgIpc) is 3.18. The molecule has 1 aliphatic rings. The van der Waals surface area contributed by atoms with Crippen molar-refractivity contribution in [1.29, 1.82) is 0 Å². The molecule has 0 aliphatic carbocycles. The summed E-state index contributed by atoms with van der Waals surface area (Å²) in [6.45, 7) is 0.700. The van der Waals surface area contributed by atoms with Crippen LogP contribution in [0.25, 0.3) is 10.9 Å². The predicted molar refractivity (Wildman–Crippen MR) is 124 cm³/mol. The molecule has 1 saturated heterocycles. The maximum Gasteiger partial charge on any atom is 0.238 e. The molecule has 1 amide bonds. The second-order valence-electron chi connectivity index (χ2n) is 7.99. The Balaban J connectivity index is 1.63. The molecule has 2 atom stereocenters. The van der Waals surface area contributed by atoms with E-state index in [4.69, 9.17) is 11.6 Å². The number of aromatic amines is 1. The quantitative estimate of drug-likeness (QED) is 0.586. The fourth-order valence-corrected chi connectivity index (χ4v) is 5.80. The van der Waals surface area contributed by atoms with Crippen molar-refractivity contribution in [3.8, 4) is 0 Å². The SMILES string of the molecule is CS(=O)(=O)N1CCCCC1C(=O)NCC(c1ccccc1Cl)c1c[nH]c2ccccc12. The topological polar surface area (TPSA) is 82.3 Å². The Labute approximate surface area is 187 Å². The van der Waals surface area contributed by atoms with E-state index < -0.39 is 16.1 Å². The number of hydrogen-bond donors (Lipinski definition) is 2. The highest BCUT2D eigenvalue weighted by atomic mass is 35.5. The number of amides is 1. The molecule has 31 heavy (non-hydrogen) atoms. The third-order valence-corrected chi connectivity index (χ3v) is 7.57. The number of benzene rings is 2. The van der Waals surface area contributed by atoms with Gasteiger partial charge in [-0.3, -0.25) is 4.79 Å². The summed E-state index contributed by atoms with van der Waals surface area (Å²) in [5.41, 5.74) is 2.96. The van der Waals surface area contributed by atoms with E-state index in [1.807, 2.05) is 54.7 Å². The van der Waals surface area contributed by atoms with E-state index in [9.17, 15) is 13.2 Å². The van der Waals surface area contributed by atoms with Gasteiger partial charge >= 0.3 is 0 Å². The fourth-order valence-electron chi connectivity index (χ4n) is 4.41. The molecule has 2 N–H and O–H groups in total. The Hall–Kier alpha value is -2.35. The normalized spacial score (nSPS) is 18.7. The number of rotatable bonds is 6. The van der Waals surface area contributed by atoms with E-state index in [0.29, 0.717) is 24.5 Å². The van der Waals surface area contributed by atoms with Crippen LogP contribution in [0.4, 0.5) is 0 Å². The Kier molecular flexibility index (Phi) is 6.36. The Bertz CT molecular complexity index is 1190. The van der Waals surface area contributed by atoms with Gasteiger partial charge < -0.3 is 10.3 Å². The first-order chi connectivity index (χ1) is 14.9. The minimum atomic E-state index is -3.44. The summed E-state index contributed by atoms with van der Waals surface area (Å²) in [6.07, 6.45) is 5.25. The highest BCUT2D eigenvalue weighted by Gasteiger charge is 2.34. The molecule has 0 bridgehead atoms. The van der Waals surface area contributed by atoms with Crippen molar-refractivity contribution in [2.45, 2.75) is 31.2 Å². The zero-order valence-corrected chi connectivity index (χ0v) is 18.9. The van der Waals surface area contributed by atoms with Crippen LogP contribution in [0.5, 0.6) is 0 Å². The third-order valence-electron chi connectivity index (χ3n) is 5.94. The Morgan fingerprint density at radius 2 is 1.90 bits per heavy atom. The number of aromatic nitrogens is 1. The van der Waals surface area contributed by atoms with Gasteiger partial charge in [-0.2, -0.15) is 4.31 Å². The molecule has 4 rings (SSSR count). The number of H-pyrrole nitrogens is 1. The van der Waals surface area contributed by atoms with E-state index in [0.717, 1.165) is 41.1 Å². The van der Waals surface area contributed by atoms with Crippen molar-refractivity contribution >= 4 is 38.4 Å². The molecule has 8 heteroatoms. The monoisotopic (exact) mass is 459 g/mol. The standard InChI is InChI=1S/C23H26ClN3O3S/c1-31(29,30)27-13-7-6-12-22(27)23(28)26-15-18(16-8-2-4-10-20(16)24)19-14-25-21-11-5-3-9-17(19)21/h2-5,8-11,14,18,22,25H,6-7,12-13,15H2,1H3,(H,26,28). The number of carbonyl (C=O) groups excluding carboxylic acids is 1. The third kappa shape index (κ3) is 4.63. The van der Waals surface area contributed by atoms with Crippen molar-refractivity contribution < 1.29 is 13.2 Å². The van der Waals surface area contributed by atoms with Crippen molar-refractivity contribution in [2.24, 2.45) is 0 Å². The van der Waals surface area contributed by atoms with Crippen molar-refractivity contribution in [1.82, 2.24) is 14.6 Å². The number of piperidine rings is 1. The van der Waals surface area contributed by atoms with Crippen LogP contribution in [0.1, 0.15) is 36.3 Å². The van der Waals surface area contributed by atoms with Crippen LogP contribution in [0, 0.1) is 0 Å². The lowest BCUT2D eigenvalue weighted by molar-refractivity contribution is -0.125. The predicted octanol–water partition coefficient (Wildman–Crippen LogP) is 3.88. The first-order valence-corrected chi connectivity index (χ1v) is 12.6. The van der Waals surface area contributed by atoms with Gasteiger partial charge in [0.15, 0.2) is 0 Å². The van der Waals surface area contributed by atoms with E-state index >= 15 is 0 Å². The first kappa shape index (κ1) is 21.9. The zero-order valence-electron chi connectivity index (χ0n) is 17.3. The molecule has 1 aliphatic heterocycles. The lowest BCUT2D eigenvalue weighted by atomic mass is 9.90. The number of sulfonamides is 1. The number of hydrogen-bond acceptors (Lipinski definition) is 3. The molecule has 1 aromatic heterocycles. The van der Waals surface area contributed by atoms with Gasteiger partial charge in [0.05, 0.1) is 6.26 Å². The van der Waals surface area contributed by atoms with Crippen LogP contribution in [0.3, 0.4) is 0 Å². The molecule has 3 aromatic rings. The molecule has 0 radical (unpaired) electrons. The van der Waals surface area contributed by atoms with Crippen LogP contribution >= 0.6 is 11.6 Å². The van der Waals surface area contributed by atoms with E-state index in [2.05, 4.69) is 10.3 Å². The maximum atomic E-state index is 13.1. The molecule has 0 spiro atoms. The molecule has 2 heterocycles. The van der Waals surface area contributed by atoms with Gasteiger partial charge in [-0.1, -0.05) is 54.4 Å². The number of carbonyl (C=O) groups is 1. The van der Waals surface area contributed by atoms with Crippen LogP contribution in [0.15, 0.2) is 54.7 Å². The number of halogens is 1. The Morgan fingerprint density at radius 1 is 1.16 bits per heavy atom. The molecule has 0 saturated carbocycles. The minimum absolute atomic E-state index is 0.177. The largest absolute Gasteiger partial charge is 0.361 e. The highest BCUT2D eigenvalue weighted by Crippen LogP contribution is 2.34. The number of nitrogens with one attached hydrogen (secondary N) is 2. The van der Waals surface area contributed by atoms with Gasteiger partial charge in [0.2, 0.25) is 15.9 Å². The summed E-state index contributed by atoms with van der Waals surface area (Å²) in [5.74, 6) is -0.439. The molecule has 1 fully saturated rings. The lowest BCUT2D eigenvalue weighted by Crippen LogP contribution is -2.52. The number of nitrogens with zero attached hydrogens (tertiary/aromatic N) is 1. The van der Waals surface area contributed by atoms with Crippen LogP contribution in [-0.2, 0) is 14.8 Å². The molecular weight excluding hydrogens is 434 g/mol. The van der Waals surface area contributed by atoms with Gasteiger partial charge in [0.1, 0.15) is 6.04 Å². The van der Waals surface area contributed by atoms with Gasteiger partial charge in [0.25, 0.3) is 0 Å². The average molecular weight is 460 g/mol. The summed E-state index contributed by atoms with van der Waals surface area (Å²) in [6, 6.07) is 14.9. The first-order valence-electron chi connectivity index (χ1n) is 10.4. The van der Waals surface area contributed by atoms with Crippen molar-refractivity contribution in [3.05, 3.63) is 70.9 Å². The van der Waals surface area contributed by atoms with Gasteiger partial charge in [0, 0.05) is 41.1 Å². The molecule has 6 nitrogen and oxygen atoms in total. The van der Waals surface area contributed by atoms with Crippen LogP contribution in [-0.4, -0.2) is 49.0 Å². The van der Waals surface area contributed by atoms with E-state index in [-0.39, 0.29) is 11.8 Å². The van der Waals surface area contributed by atoms with Gasteiger partial charge in [-0.25, -0.2) is 8.42 Å². The molecule has 2 unspecified atom stereocenters. The molecule has 2 aromatic carbocycles. The molecule has 164 valence electrons. The summed E-state index contributed by atoms with van der Waals surface area (Å²) < 4.78 is 25.6. The highest BCUT2D eigenvalue weighted by molar-refractivity contribution is 7.88. The van der Waals surface area contributed by atoms with Crippen molar-refractivity contribution in [3.63, 3.8) is 0 Å². The second-order valence-corrected chi connectivity index (χ2v) is 10.3. The van der Waals surface area contributed by atoms with Crippen LogP contribution in [0.2, 0.25) is 5.02 Å². The summed E-state index contributed by atoms with van der Waals surface area (Å²) in [4.78, 5) is 16.3. The maximum absolute atomic E-state index is 13.1. The zero-order chi connectivity index (χ0) is 22.0. The summed E-state index contributed by atoms with van der Waals surface area (Å²) in [7, 11) is -3.44. The van der Waals surface area contributed by atoms with Gasteiger partial charge in [-0.15, -0.1) is 0 Å². The van der Waals surface area contributed by atoms with Crippen molar-refractivity contribution in [2.75, 3.05) is 19.3 Å². The fraction of sp³-hybridized carbons (Fsp3) is 0.348. The van der Waals surface area contributed by atoms with E-state index in [1.165, 1.54) is 4.31 Å². The second kappa shape index (κ2) is 9.02. The smallest absolute Gasteiger partial charge is 0.238 e. The summed E-state index contributed by atoms with van der Waals surface area (Å²) in [5, 5.41) is 4.71. The molecular formula is C23H26ClN3O3S. The van der Waals surface area contributed by atoms with Gasteiger partial charge in [-0.05, 0) is 36.1 Å². The van der Waals surface area contributed by atoms with Crippen LogP contribution < -0.4 is 5.32 Å². The minimum Gasteiger partial charge on any atom is -0.361 e. The summed E-state index contributed by atoms with van der Waals surface area (Å²) >= 11 is 6.52. The number of para-hydroxylation sites is 1.